The van der Waals surface area contributed by atoms with Crippen LogP contribution in [0.2, 0.25) is 39.3 Å². The van der Waals surface area contributed by atoms with Crippen molar-refractivity contribution in [2.75, 3.05) is 7.11 Å². The zero-order valence-corrected chi connectivity index (χ0v) is 17.3. The van der Waals surface area contributed by atoms with Crippen LogP contribution in [0.4, 0.5) is 0 Å². The van der Waals surface area contributed by atoms with E-state index in [9.17, 15) is 4.79 Å². The molecule has 0 aliphatic heterocycles. The smallest absolute Gasteiger partial charge is 0.216 e. The number of amides is 1. The first kappa shape index (κ1) is 17.8. The Bertz CT molecular complexity index is 724. The largest absolute Gasteiger partial charge is 0.497 e. The minimum absolute atomic E-state index is 0.113. The van der Waals surface area contributed by atoms with Gasteiger partial charge in [0.25, 0.3) is 0 Å². The molecule has 0 radical (unpaired) electrons. The van der Waals surface area contributed by atoms with E-state index in [2.05, 4.69) is 60.8 Å². The molecule has 0 fully saturated rings. The maximum atomic E-state index is 12.4. The van der Waals surface area contributed by atoms with Gasteiger partial charge >= 0.3 is 0 Å². The van der Waals surface area contributed by atoms with Gasteiger partial charge in [0.1, 0.15) is 14.0 Å². The molecular formula is C17H28N2O2Si2. The second-order valence-electron chi connectivity index (χ2n) is 8.05. The van der Waals surface area contributed by atoms with Crippen LogP contribution in [-0.2, 0) is 11.2 Å². The molecular weight excluding hydrogens is 320 g/mol. The average Bonchev–Trinajstić information content (AvgIpc) is 2.74. The summed E-state index contributed by atoms with van der Waals surface area (Å²) in [5.41, 5.74) is 2.28. The molecule has 2 rings (SSSR count). The summed E-state index contributed by atoms with van der Waals surface area (Å²) in [5.74, 6) is 0.944. The predicted molar refractivity (Wildman–Crippen MR) is 102 cm³/mol. The van der Waals surface area contributed by atoms with Crippen molar-refractivity contribution in [1.82, 2.24) is 9.22 Å². The van der Waals surface area contributed by atoms with Crippen molar-refractivity contribution in [2.45, 2.75) is 45.7 Å². The van der Waals surface area contributed by atoms with E-state index in [-0.39, 0.29) is 5.91 Å². The molecule has 0 saturated heterocycles. The molecule has 0 saturated carbocycles. The number of nitrogens with zero attached hydrogens (tertiary/aromatic N) is 1. The lowest BCUT2D eigenvalue weighted by molar-refractivity contribution is -0.118. The van der Waals surface area contributed by atoms with Crippen LogP contribution >= 0.6 is 0 Å². The third kappa shape index (κ3) is 4.26. The van der Waals surface area contributed by atoms with Gasteiger partial charge in [0.2, 0.25) is 5.91 Å². The van der Waals surface area contributed by atoms with Gasteiger partial charge in [0, 0.05) is 10.9 Å². The fourth-order valence-electron chi connectivity index (χ4n) is 2.74. The minimum Gasteiger partial charge on any atom is -0.497 e. The van der Waals surface area contributed by atoms with Crippen LogP contribution < -0.4 is 9.72 Å². The molecule has 4 nitrogen and oxygen atoms in total. The number of ether oxygens (including phenoxy) is 1. The van der Waals surface area contributed by atoms with E-state index >= 15 is 0 Å². The number of rotatable bonds is 5. The number of hydrogen-bond donors (Lipinski definition) is 1. The van der Waals surface area contributed by atoms with E-state index in [0.29, 0.717) is 6.42 Å². The molecule has 1 N–H and O–H groups in total. The molecule has 1 aromatic heterocycles. The lowest BCUT2D eigenvalue weighted by atomic mass is 10.1. The SMILES string of the molecule is COc1ccc2c(c1)c(CC(=O)N[Si](C)(C)C)cn2[Si](C)(C)C. The summed E-state index contributed by atoms with van der Waals surface area (Å²) in [6.45, 7) is 13.3. The van der Waals surface area contributed by atoms with Crippen LogP contribution in [0.15, 0.2) is 24.4 Å². The molecule has 0 aliphatic rings. The van der Waals surface area contributed by atoms with Crippen LogP contribution in [0.25, 0.3) is 10.9 Å². The molecule has 2 aromatic rings. The minimum atomic E-state index is -1.61. The predicted octanol–water partition coefficient (Wildman–Crippen LogP) is 3.83. The van der Waals surface area contributed by atoms with E-state index in [4.69, 9.17) is 4.74 Å². The Kier molecular flexibility index (Phi) is 4.77. The van der Waals surface area contributed by atoms with Gasteiger partial charge < -0.3 is 14.0 Å². The number of methoxy groups -OCH3 is 1. The molecule has 0 spiro atoms. The number of fused-ring (bicyclic) bond motifs is 1. The quantitative estimate of drug-likeness (QED) is 0.835. The summed E-state index contributed by atoms with van der Waals surface area (Å²) in [5, 5.41) is 1.12. The van der Waals surface area contributed by atoms with Crippen molar-refractivity contribution in [2.24, 2.45) is 0 Å². The summed E-state index contributed by atoms with van der Waals surface area (Å²) in [7, 11) is -1.49. The Labute approximate surface area is 141 Å². The Morgan fingerprint density at radius 3 is 2.35 bits per heavy atom. The maximum Gasteiger partial charge on any atom is 0.216 e. The van der Waals surface area contributed by atoms with Crippen LogP contribution in [-0.4, -0.2) is 33.7 Å². The molecule has 1 amide bonds. The summed E-state index contributed by atoms with van der Waals surface area (Å²) in [4.78, 5) is 15.6. The molecule has 1 heterocycles. The highest BCUT2D eigenvalue weighted by molar-refractivity contribution is 6.76. The van der Waals surface area contributed by atoms with Gasteiger partial charge in [0.15, 0.2) is 8.24 Å². The highest BCUT2D eigenvalue weighted by Gasteiger charge is 2.23. The molecule has 0 bridgehead atoms. The van der Waals surface area contributed by atoms with E-state index in [0.717, 1.165) is 16.7 Å². The fraction of sp³-hybridized carbons (Fsp3) is 0.471. The maximum absolute atomic E-state index is 12.4. The molecule has 0 atom stereocenters. The number of aromatic nitrogens is 1. The first-order valence-electron chi connectivity index (χ1n) is 8.01. The number of carbonyl (C=O) groups is 1. The lowest BCUT2D eigenvalue weighted by Gasteiger charge is -2.20. The fourth-order valence-corrected chi connectivity index (χ4v) is 5.12. The van der Waals surface area contributed by atoms with Gasteiger partial charge in [0.05, 0.1) is 13.5 Å². The summed E-state index contributed by atoms with van der Waals surface area (Å²) in [6.07, 6.45) is 2.59. The van der Waals surface area contributed by atoms with Crippen LogP contribution in [0.1, 0.15) is 5.56 Å². The third-order valence-corrected chi connectivity index (χ3v) is 6.53. The zero-order chi connectivity index (χ0) is 17.4. The molecule has 23 heavy (non-hydrogen) atoms. The van der Waals surface area contributed by atoms with Gasteiger partial charge in [-0.2, -0.15) is 0 Å². The molecule has 6 heteroatoms. The van der Waals surface area contributed by atoms with Gasteiger partial charge in [-0.25, -0.2) is 0 Å². The summed E-state index contributed by atoms with van der Waals surface area (Å²) in [6, 6.07) is 6.14. The number of carbonyl (C=O) groups excluding carboxylic acids is 1. The van der Waals surface area contributed by atoms with Crippen molar-refractivity contribution in [3.05, 3.63) is 30.0 Å². The number of benzene rings is 1. The third-order valence-electron chi connectivity index (χ3n) is 3.68. The van der Waals surface area contributed by atoms with E-state index in [1.165, 1.54) is 5.52 Å². The van der Waals surface area contributed by atoms with Gasteiger partial charge in [-0.1, -0.05) is 39.3 Å². The first-order valence-corrected chi connectivity index (χ1v) is 15.0. The Hall–Kier alpha value is -1.54. The second kappa shape index (κ2) is 6.16. The van der Waals surface area contributed by atoms with Crippen molar-refractivity contribution in [3.8, 4) is 5.75 Å². The molecule has 126 valence electrons. The Morgan fingerprint density at radius 2 is 1.83 bits per heavy atom. The zero-order valence-electron chi connectivity index (χ0n) is 15.3. The van der Waals surface area contributed by atoms with Gasteiger partial charge in [-0.15, -0.1) is 0 Å². The standard InChI is InChI=1S/C17H28N2O2Si2/c1-21-14-8-9-16-15(11-14)13(12-19(16)23(5,6)7)10-17(20)18-22(2,3)4/h8-9,11-12H,10H2,1-7H3,(H,18,20). The van der Waals surface area contributed by atoms with Crippen LogP contribution in [0.5, 0.6) is 5.75 Å². The van der Waals surface area contributed by atoms with E-state index < -0.39 is 16.5 Å². The van der Waals surface area contributed by atoms with Crippen LogP contribution in [0, 0.1) is 0 Å². The van der Waals surface area contributed by atoms with Crippen molar-refractivity contribution in [3.63, 3.8) is 0 Å². The normalized spacial score (nSPS) is 12.5. The second-order valence-corrected chi connectivity index (χ2v) is 17.6. The Morgan fingerprint density at radius 1 is 1.17 bits per heavy atom. The molecule has 0 unspecified atom stereocenters. The topological polar surface area (TPSA) is 43.3 Å². The van der Waals surface area contributed by atoms with E-state index in [1.54, 1.807) is 7.11 Å². The lowest BCUT2D eigenvalue weighted by Crippen LogP contribution is -2.45. The molecule has 1 aromatic carbocycles. The van der Waals surface area contributed by atoms with Gasteiger partial charge in [-0.05, 0) is 30.0 Å². The van der Waals surface area contributed by atoms with Crippen molar-refractivity contribution < 1.29 is 9.53 Å². The van der Waals surface area contributed by atoms with E-state index in [1.807, 2.05) is 12.1 Å². The number of nitrogens with one attached hydrogen (secondary N) is 1. The monoisotopic (exact) mass is 348 g/mol. The van der Waals surface area contributed by atoms with Crippen molar-refractivity contribution in [1.29, 1.82) is 0 Å². The number of hydrogen-bond acceptors (Lipinski definition) is 2. The highest BCUT2D eigenvalue weighted by Crippen LogP contribution is 2.29. The first-order chi connectivity index (χ1) is 10.5. The summed E-state index contributed by atoms with van der Waals surface area (Å²) < 4.78 is 7.74. The van der Waals surface area contributed by atoms with Crippen molar-refractivity contribution >= 4 is 33.3 Å². The van der Waals surface area contributed by atoms with Gasteiger partial charge in [-0.3, -0.25) is 4.79 Å². The average molecular weight is 349 g/mol. The Balaban J connectivity index is 2.48. The highest BCUT2D eigenvalue weighted by atomic mass is 28.3. The summed E-state index contributed by atoms with van der Waals surface area (Å²) >= 11 is 0. The molecule has 0 aliphatic carbocycles. The van der Waals surface area contributed by atoms with Crippen LogP contribution in [0.3, 0.4) is 0 Å².